The number of hydrogen-bond donors (Lipinski definition) is 1. The fourth-order valence-corrected chi connectivity index (χ4v) is 5.73. The standard InChI is InChI=1S/C23H28N6O3S/c1-3-17-7-5-8-18(4-2)22(17)25-23(30)19-9-6-14-28(15-19)33(31,32)21-12-10-20(11-13-21)29-16-24-26-27-29/h5,7-8,10-13,16,19H,3-4,6,9,14-15H2,1-2H3,(H,25,30). The van der Waals surface area contributed by atoms with Crippen molar-refractivity contribution < 1.29 is 13.2 Å². The first kappa shape index (κ1) is 23.1. The van der Waals surface area contributed by atoms with Crippen LogP contribution >= 0.6 is 0 Å². The van der Waals surface area contributed by atoms with Gasteiger partial charge in [-0.2, -0.15) is 4.31 Å². The van der Waals surface area contributed by atoms with Gasteiger partial charge in [0, 0.05) is 18.8 Å². The molecule has 9 nitrogen and oxygen atoms in total. The van der Waals surface area contributed by atoms with E-state index in [-0.39, 0.29) is 17.3 Å². The second-order valence-electron chi connectivity index (χ2n) is 8.10. The SMILES string of the molecule is CCc1cccc(CC)c1NC(=O)C1CCCN(S(=O)(=O)c2ccc(-n3cnnn3)cc2)C1. The summed E-state index contributed by atoms with van der Waals surface area (Å²) in [6, 6.07) is 12.4. The number of rotatable bonds is 7. The van der Waals surface area contributed by atoms with E-state index in [0.29, 0.717) is 25.1 Å². The largest absolute Gasteiger partial charge is 0.325 e. The molecular weight excluding hydrogens is 440 g/mol. The zero-order valence-corrected chi connectivity index (χ0v) is 19.6. The molecule has 0 aliphatic carbocycles. The molecule has 3 aromatic rings. The smallest absolute Gasteiger partial charge is 0.243 e. The first-order valence-corrected chi connectivity index (χ1v) is 12.6. The summed E-state index contributed by atoms with van der Waals surface area (Å²) in [5, 5.41) is 14.1. The number of aromatic nitrogens is 4. The van der Waals surface area contributed by atoms with Gasteiger partial charge in [-0.15, -0.1) is 5.10 Å². The highest BCUT2D eigenvalue weighted by Crippen LogP contribution is 2.27. The van der Waals surface area contributed by atoms with E-state index in [1.807, 2.05) is 18.2 Å². The summed E-state index contributed by atoms with van der Waals surface area (Å²) < 4.78 is 29.4. The minimum atomic E-state index is -3.72. The van der Waals surface area contributed by atoms with Crippen molar-refractivity contribution in [3.8, 4) is 5.69 Å². The molecule has 2 aromatic carbocycles. The molecule has 1 N–H and O–H groups in total. The second-order valence-corrected chi connectivity index (χ2v) is 10.0. The Morgan fingerprint density at radius 1 is 1.09 bits per heavy atom. The molecule has 0 bridgehead atoms. The Balaban J connectivity index is 1.49. The maximum atomic E-state index is 13.3. The number of tetrazole rings is 1. The van der Waals surface area contributed by atoms with Gasteiger partial charge in [-0.05, 0) is 71.5 Å². The number of carbonyl (C=O) groups excluding carboxylic acids is 1. The van der Waals surface area contributed by atoms with E-state index in [0.717, 1.165) is 29.7 Å². The van der Waals surface area contributed by atoms with Crippen LogP contribution in [0.3, 0.4) is 0 Å². The minimum absolute atomic E-state index is 0.125. The number of nitrogens with zero attached hydrogens (tertiary/aromatic N) is 5. The fraction of sp³-hybridized carbons (Fsp3) is 0.391. The Hall–Kier alpha value is -3.11. The molecule has 0 saturated carbocycles. The van der Waals surface area contributed by atoms with Crippen LogP contribution in [0.15, 0.2) is 53.7 Å². The highest BCUT2D eigenvalue weighted by molar-refractivity contribution is 7.89. The number of nitrogens with one attached hydrogen (secondary N) is 1. The van der Waals surface area contributed by atoms with E-state index < -0.39 is 15.9 Å². The third-order valence-corrected chi connectivity index (χ3v) is 7.97. The van der Waals surface area contributed by atoms with E-state index in [4.69, 9.17) is 0 Å². The number of amides is 1. The van der Waals surface area contributed by atoms with Gasteiger partial charge in [0.15, 0.2) is 0 Å². The summed E-state index contributed by atoms with van der Waals surface area (Å²) in [5.41, 5.74) is 3.71. The fourth-order valence-electron chi connectivity index (χ4n) is 4.20. The molecule has 1 saturated heterocycles. The van der Waals surface area contributed by atoms with Gasteiger partial charge in [-0.3, -0.25) is 4.79 Å². The first-order chi connectivity index (χ1) is 15.9. The van der Waals surface area contributed by atoms with E-state index in [1.54, 1.807) is 24.3 Å². The van der Waals surface area contributed by atoms with Crippen LogP contribution < -0.4 is 5.32 Å². The Kier molecular flexibility index (Phi) is 6.85. The lowest BCUT2D eigenvalue weighted by atomic mass is 9.97. The number of anilines is 1. The summed E-state index contributed by atoms with van der Waals surface area (Å²) >= 11 is 0. The molecule has 0 spiro atoms. The van der Waals surface area contributed by atoms with Crippen LogP contribution in [0.1, 0.15) is 37.8 Å². The summed E-state index contributed by atoms with van der Waals surface area (Å²) in [7, 11) is -3.72. The Morgan fingerprint density at radius 2 is 1.79 bits per heavy atom. The number of piperidine rings is 1. The Morgan fingerprint density at radius 3 is 2.39 bits per heavy atom. The lowest BCUT2D eigenvalue weighted by molar-refractivity contribution is -0.120. The van der Waals surface area contributed by atoms with E-state index >= 15 is 0 Å². The molecule has 1 unspecified atom stereocenters. The summed E-state index contributed by atoms with van der Waals surface area (Å²) in [5.74, 6) is -0.525. The molecule has 1 fully saturated rings. The summed E-state index contributed by atoms with van der Waals surface area (Å²) in [6.45, 7) is 4.68. The first-order valence-electron chi connectivity index (χ1n) is 11.2. The quantitative estimate of drug-likeness (QED) is 0.571. The summed E-state index contributed by atoms with van der Waals surface area (Å²) in [4.78, 5) is 13.3. The second kappa shape index (κ2) is 9.80. The molecule has 10 heteroatoms. The Labute approximate surface area is 193 Å². The third kappa shape index (κ3) is 4.81. The maximum Gasteiger partial charge on any atom is 0.243 e. The normalized spacial score (nSPS) is 17.1. The van der Waals surface area contributed by atoms with Gasteiger partial charge in [-0.1, -0.05) is 32.0 Å². The van der Waals surface area contributed by atoms with Crippen LogP contribution in [0.2, 0.25) is 0 Å². The molecule has 1 aliphatic rings. The van der Waals surface area contributed by atoms with Crippen molar-refractivity contribution in [2.75, 3.05) is 18.4 Å². The van der Waals surface area contributed by atoms with Gasteiger partial charge in [0.2, 0.25) is 15.9 Å². The van der Waals surface area contributed by atoms with Crippen molar-refractivity contribution in [3.63, 3.8) is 0 Å². The number of sulfonamides is 1. The molecule has 1 amide bonds. The van der Waals surface area contributed by atoms with E-state index in [9.17, 15) is 13.2 Å². The van der Waals surface area contributed by atoms with Gasteiger partial charge < -0.3 is 5.32 Å². The molecule has 0 radical (unpaired) electrons. The lowest BCUT2D eigenvalue weighted by Crippen LogP contribution is -2.43. The molecule has 1 aliphatic heterocycles. The molecule has 1 atom stereocenters. The average molecular weight is 469 g/mol. The molecule has 4 rings (SSSR count). The van der Waals surface area contributed by atoms with Gasteiger partial charge in [0.1, 0.15) is 6.33 Å². The van der Waals surface area contributed by atoms with Crippen molar-refractivity contribution in [3.05, 3.63) is 59.9 Å². The zero-order chi connectivity index (χ0) is 23.4. The number of carbonyl (C=O) groups is 1. The predicted octanol–water partition coefficient (Wildman–Crippen LogP) is 2.83. The van der Waals surface area contributed by atoms with Crippen molar-refractivity contribution >= 4 is 21.6 Å². The van der Waals surface area contributed by atoms with Gasteiger partial charge in [0.05, 0.1) is 16.5 Å². The minimum Gasteiger partial charge on any atom is -0.325 e. The van der Waals surface area contributed by atoms with Gasteiger partial charge in [0.25, 0.3) is 0 Å². The lowest BCUT2D eigenvalue weighted by Gasteiger charge is -2.31. The average Bonchev–Trinajstić information content (AvgIpc) is 3.39. The van der Waals surface area contributed by atoms with Gasteiger partial charge >= 0.3 is 0 Å². The van der Waals surface area contributed by atoms with Crippen LogP contribution in [-0.4, -0.2) is 51.9 Å². The molecular formula is C23H28N6O3S. The predicted molar refractivity (Wildman–Crippen MR) is 124 cm³/mol. The van der Waals surface area contributed by atoms with Crippen LogP contribution in [0.25, 0.3) is 5.69 Å². The Bertz CT molecular complexity index is 1190. The topological polar surface area (TPSA) is 110 Å². The molecule has 2 heterocycles. The van der Waals surface area contributed by atoms with Crippen molar-refractivity contribution in [2.45, 2.75) is 44.4 Å². The number of aryl methyl sites for hydroxylation is 2. The zero-order valence-electron chi connectivity index (χ0n) is 18.8. The van der Waals surface area contributed by atoms with E-state index in [1.165, 1.54) is 15.3 Å². The number of hydrogen-bond acceptors (Lipinski definition) is 6. The maximum absolute atomic E-state index is 13.3. The third-order valence-electron chi connectivity index (χ3n) is 6.09. The van der Waals surface area contributed by atoms with E-state index in [2.05, 4.69) is 34.7 Å². The molecule has 33 heavy (non-hydrogen) atoms. The van der Waals surface area contributed by atoms with Crippen molar-refractivity contribution in [2.24, 2.45) is 5.92 Å². The molecule has 174 valence electrons. The number of benzene rings is 2. The highest BCUT2D eigenvalue weighted by Gasteiger charge is 2.33. The highest BCUT2D eigenvalue weighted by atomic mass is 32.2. The van der Waals surface area contributed by atoms with Crippen molar-refractivity contribution in [1.82, 2.24) is 24.5 Å². The van der Waals surface area contributed by atoms with Gasteiger partial charge in [-0.25, -0.2) is 13.1 Å². The molecule has 1 aromatic heterocycles. The van der Waals surface area contributed by atoms with Crippen LogP contribution in [0.4, 0.5) is 5.69 Å². The van der Waals surface area contributed by atoms with Crippen LogP contribution in [0.5, 0.6) is 0 Å². The van der Waals surface area contributed by atoms with Crippen LogP contribution in [0, 0.1) is 5.92 Å². The van der Waals surface area contributed by atoms with Crippen LogP contribution in [-0.2, 0) is 27.7 Å². The monoisotopic (exact) mass is 468 g/mol. The summed E-state index contributed by atoms with van der Waals surface area (Å²) in [6.07, 6.45) is 4.37. The van der Waals surface area contributed by atoms with Crippen molar-refractivity contribution in [1.29, 1.82) is 0 Å². The number of para-hydroxylation sites is 1.